The van der Waals surface area contributed by atoms with Gasteiger partial charge in [-0.3, -0.25) is 14.4 Å². The predicted octanol–water partition coefficient (Wildman–Crippen LogP) is 0.765. The van der Waals surface area contributed by atoms with Gasteiger partial charge in [-0.1, -0.05) is 26.3 Å². The maximum atomic E-state index is 12.3. The lowest BCUT2D eigenvalue weighted by Gasteiger charge is -2.21. The number of rotatable bonds is 3. The fourth-order valence-electron chi connectivity index (χ4n) is 2.16. The van der Waals surface area contributed by atoms with Crippen LogP contribution in [0.1, 0.15) is 41.0 Å². The number of anilines is 1. The summed E-state index contributed by atoms with van der Waals surface area (Å²) in [7, 11) is 0. The van der Waals surface area contributed by atoms with Crippen LogP contribution >= 0.6 is 0 Å². The minimum atomic E-state index is -0.886. The Bertz CT molecular complexity index is 597. The molecule has 20 heavy (non-hydrogen) atoms. The minimum Gasteiger partial charge on any atom is -0.398 e. The van der Waals surface area contributed by atoms with E-state index in [0.29, 0.717) is 11.3 Å². The number of amides is 3. The monoisotopic (exact) mass is 275 g/mol. The topological polar surface area (TPSA) is 106 Å². The van der Waals surface area contributed by atoms with Crippen LogP contribution in [0, 0.1) is 5.92 Å². The van der Waals surface area contributed by atoms with Crippen LogP contribution in [0.5, 0.6) is 0 Å². The van der Waals surface area contributed by atoms with Gasteiger partial charge in [0.1, 0.15) is 0 Å². The van der Waals surface area contributed by atoms with Gasteiger partial charge in [-0.2, -0.15) is 0 Å². The van der Waals surface area contributed by atoms with E-state index in [9.17, 15) is 14.4 Å². The number of carbonyl (C=O) groups excluding carboxylic acids is 3. The number of hydrogen-bond acceptors (Lipinski definition) is 5. The summed E-state index contributed by atoms with van der Waals surface area (Å²) in [5.41, 5.74) is 12.0. The fourth-order valence-corrected chi connectivity index (χ4v) is 2.16. The zero-order valence-electron chi connectivity index (χ0n) is 11.4. The smallest absolute Gasteiger partial charge is 0.270 e. The summed E-state index contributed by atoms with van der Waals surface area (Å²) in [4.78, 5) is 37.3. The Balaban J connectivity index is 2.38. The maximum Gasteiger partial charge on any atom is 0.270 e. The van der Waals surface area contributed by atoms with Crippen LogP contribution in [0.4, 0.5) is 5.69 Å². The summed E-state index contributed by atoms with van der Waals surface area (Å²) < 4.78 is 0. The molecule has 0 unspecified atom stereocenters. The second-order valence-electron chi connectivity index (χ2n) is 4.97. The first-order valence-electron chi connectivity index (χ1n) is 6.46. The number of benzene rings is 1. The van der Waals surface area contributed by atoms with Gasteiger partial charge in [-0.25, -0.2) is 4.90 Å². The van der Waals surface area contributed by atoms with Gasteiger partial charge in [0.15, 0.2) is 0 Å². The van der Waals surface area contributed by atoms with Crippen molar-refractivity contribution in [1.29, 1.82) is 0 Å². The van der Waals surface area contributed by atoms with E-state index in [4.69, 9.17) is 11.5 Å². The normalized spacial score (nSPS) is 17.1. The van der Waals surface area contributed by atoms with E-state index in [1.807, 2.05) is 6.92 Å². The highest BCUT2D eigenvalue weighted by Gasteiger charge is 2.43. The second kappa shape index (κ2) is 5.05. The molecule has 1 aromatic carbocycles. The van der Waals surface area contributed by atoms with Gasteiger partial charge < -0.3 is 11.5 Å². The van der Waals surface area contributed by atoms with Crippen molar-refractivity contribution >= 4 is 23.4 Å². The first kappa shape index (κ1) is 14.2. The largest absolute Gasteiger partial charge is 0.398 e. The number of nitrogens with two attached hydrogens (primary N) is 2. The average Bonchev–Trinajstić information content (AvgIpc) is 2.69. The van der Waals surface area contributed by atoms with Crippen molar-refractivity contribution in [3.63, 3.8) is 0 Å². The third-order valence-corrected chi connectivity index (χ3v) is 3.71. The summed E-state index contributed by atoms with van der Waals surface area (Å²) in [5.74, 6) is -2.14. The first-order chi connectivity index (χ1) is 9.40. The molecule has 0 fully saturated rings. The van der Waals surface area contributed by atoms with Gasteiger partial charge in [0.05, 0.1) is 17.2 Å². The molecule has 2 atom stereocenters. The molecule has 6 nitrogen and oxygen atoms in total. The number of nitrogens with zero attached hydrogens (tertiary/aromatic N) is 1. The summed E-state index contributed by atoms with van der Waals surface area (Å²) >= 11 is 0. The molecule has 1 aromatic rings. The number of carbonyl (C=O) groups is 3. The van der Waals surface area contributed by atoms with Crippen molar-refractivity contribution in [3.05, 3.63) is 29.3 Å². The summed E-state index contributed by atoms with van der Waals surface area (Å²) in [6.07, 6.45) is 0.679. The Hall–Kier alpha value is -2.21. The summed E-state index contributed by atoms with van der Waals surface area (Å²) in [6, 6.07) is 3.69. The van der Waals surface area contributed by atoms with Crippen molar-refractivity contribution in [2.75, 3.05) is 5.73 Å². The summed E-state index contributed by atoms with van der Waals surface area (Å²) in [6.45, 7) is 3.69. The molecule has 0 radical (unpaired) electrons. The van der Waals surface area contributed by atoms with E-state index >= 15 is 0 Å². The van der Waals surface area contributed by atoms with Gasteiger partial charge in [0, 0.05) is 5.69 Å². The molecule has 0 aliphatic carbocycles. The molecule has 3 amide bonds. The van der Waals surface area contributed by atoms with Crippen LogP contribution < -0.4 is 11.5 Å². The van der Waals surface area contributed by atoms with Crippen LogP contribution in [0.3, 0.4) is 0 Å². The lowest BCUT2D eigenvalue weighted by molar-refractivity contribution is -0.128. The van der Waals surface area contributed by atoms with E-state index in [1.54, 1.807) is 13.0 Å². The molecule has 1 aliphatic heterocycles. The highest BCUT2D eigenvalue weighted by Crippen LogP contribution is 2.28. The highest BCUT2D eigenvalue weighted by atomic mass is 16.2. The van der Waals surface area contributed by atoms with Crippen molar-refractivity contribution in [2.45, 2.75) is 26.3 Å². The zero-order valence-corrected chi connectivity index (χ0v) is 11.4. The molecule has 2 rings (SSSR count). The van der Waals surface area contributed by atoms with Gasteiger partial charge in [-0.05, 0) is 18.1 Å². The Morgan fingerprint density at radius 3 is 2.50 bits per heavy atom. The third kappa shape index (κ3) is 1.98. The van der Waals surface area contributed by atoms with Gasteiger partial charge in [0.2, 0.25) is 0 Å². The van der Waals surface area contributed by atoms with Gasteiger partial charge >= 0.3 is 0 Å². The molecule has 0 saturated carbocycles. The highest BCUT2D eigenvalue weighted by molar-refractivity contribution is 6.31. The van der Waals surface area contributed by atoms with Crippen molar-refractivity contribution in [1.82, 2.24) is 4.90 Å². The van der Waals surface area contributed by atoms with E-state index in [1.165, 1.54) is 12.1 Å². The molecule has 0 bridgehead atoms. The first-order valence-corrected chi connectivity index (χ1v) is 6.46. The lowest BCUT2D eigenvalue weighted by Crippen LogP contribution is -2.49. The van der Waals surface area contributed by atoms with Crippen LogP contribution in [-0.4, -0.2) is 28.7 Å². The van der Waals surface area contributed by atoms with Crippen molar-refractivity contribution in [2.24, 2.45) is 11.7 Å². The number of nitrogen functional groups attached to an aromatic ring is 1. The van der Waals surface area contributed by atoms with Gasteiger partial charge in [0.25, 0.3) is 17.7 Å². The molecule has 1 heterocycles. The van der Waals surface area contributed by atoms with E-state index < -0.39 is 23.8 Å². The lowest BCUT2D eigenvalue weighted by atomic mass is 9.99. The Morgan fingerprint density at radius 2 is 1.95 bits per heavy atom. The number of imide groups is 3. The van der Waals surface area contributed by atoms with E-state index in [0.717, 1.165) is 0 Å². The molecule has 4 N–H and O–H groups in total. The summed E-state index contributed by atoms with van der Waals surface area (Å²) in [5, 5.41) is 0. The van der Waals surface area contributed by atoms with Crippen LogP contribution in [-0.2, 0) is 4.79 Å². The van der Waals surface area contributed by atoms with Crippen LogP contribution in [0.15, 0.2) is 18.2 Å². The molecule has 1 aliphatic rings. The molecule has 0 spiro atoms. The van der Waals surface area contributed by atoms with Crippen molar-refractivity contribution < 1.29 is 14.4 Å². The number of hydrogen-bond donors (Lipinski definition) is 2. The van der Waals surface area contributed by atoms with Crippen LogP contribution in [0.25, 0.3) is 0 Å². The Labute approximate surface area is 116 Å². The molecule has 106 valence electrons. The molecular weight excluding hydrogens is 258 g/mol. The van der Waals surface area contributed by atoms with Gasteiger partial charge in [-0.15, -0.1) is 0 Å². The number of fused-ring (bicyclic) bond motifs is 1. The molecule has 0 aromatic heterocycles. The molecular formula is C14H17N3O3. The molecule has 0 saturated heterocycles. The Morgan fingerprint density at radius 1 is 1.30 bits per heavy atom. The van der Waals surface area contributed by atoms with E-state index in [-0.39, 0.29) is 22.7 Å². The standard InChI is InChI=1S/C14H17N3O3/c1-3-7(2)11(16)14(20)17-12(18)8-5-4-6-9(15)10(8)13(17)19/h4-7,11H,3,15-16H2,1-2H3/t7-,11-/m0/s1. The minimum absolute atomic E-state index is 0.0854. The zero-order chi connectivity index (χ0) is 15.0. The van der Waals surface area contributed by atoms with E-state index in [2.05, 4.69) is 0 Å². The Kier molecular flexibility index (Phi) is 3.59. The third-order valence-electron chi connectivity index (χ3n) is 3.71. The average molecular weight is 275 g/mol. The maximum absolute atomic E-state index is 12.3. The van der Waals surface area contributed by atoms with Crippen LogP contribution in [0.2, 0.25) is 0 Å². The predicted molar refractivity (Wildman–Crippen MR) is 73.8 cm³/mol. The second-order valence-corrected chi connectivity index (χ2v) is 4.97. The quantitative estimate of drug-likeness (QED) is 0.625. The fraction of sp³-hybridized carbons (Fsp3) is 0.357. The van der Waals surface area contributed by atoms with Crippen molar-refractivity contribution in [3.8, 4) is 0 Å². The SMILES string of the molecule is CC[C@H](C)[C@H](N)C(=O)N1C(=O)c2cccc(N)c2C1=O. The molecule has 6 heteroatoms.